The molecule has 0 bridgehead atoms. The van der Waals surface area contributed by atoms with E-state index in [1.165, 1.54) is 23.3 Å². The van der Waals surface area contributed by atoms with E-state index in [0.717, 1.165) is 49.3 Å². The SMILES string of the molecule is COc1ccc([C@H]2CCCC3CN(C(=O)c4ccc(C(F)(F)F)cc4)CCN32)c(C)c1C. The average Bonchev–Trinajstić information content (AvgIpc) is 2.79. The molecule has 2 aromatic rings. The van der Waals surface area contributed by atoms with Crippen molar-refractivity contribution in [2.45, 2.75) is 51.4 Å². The van der Waals surface area contributed by atoms with Gasteiger partial charge in [0.1, 0.15) is 5.75 Å². The molecule has 0 N–H and O–H groups in total. The van der Waals surface area contributed by atoms with Crippen molar-refractivity contribution in [3.8, 4) is 5.75 Å². The van der Waals surface area contributed by atoms with Crippen molar-refractivity contribution in [3.63, 3.8) is 0 Å². The second-order valence-electron chi connectivity index (χ2n) is 8.77. The van der Waals surface area contributed by atoms with Crippen molar-refractivity contribution >= 4 is 5.91 Å². The van der Waals surface area contributed by atoms with E-state index in [9.17, 15) is 18.0 Å². The number of alkyl halides is 3. The Labute approximate surface area is 187 Å². The van der Waals surface area contributed by atoms with Crippen LogP contribution in [-0.2, 0) is 6.18 Å². The zero-order chi connectivity index (χ0) is 23.0. The summed E-state index contributed by atoms with van der Waals surface area (Å²) in [6.07, 6.45) is -1.22. The van der Waals surface area contributed by atoms with Crippen LogP contribution in [0.15, 0.2) is 36.4 Å². The Morgan fingerprint density at radius 2 is 1.72 bits per heavy atom. The minimum Gasteiger partial charge on any atom is -0.496 e. The van der Waals surface area contributed by atoms with Crippen molar-refractivity contribution in [1.29, 1.82) is 0 Å². The standard InChI is InChI=1S/C25H29F3N2O2/c1-16-17(2)23(32-3)12-11-21(16)22-6-4-5-20-15-29(13-14-30(20)22)24(31)18-7-9-19(10-8-18)25(26,27)28/h7-12,20,22H,4-6,13-15H2,1-3H3/t20?,22-/m1/s1. The number of methoxy groups -OCH3 is 1. The molecule has 2 aliphatic heterocycles. The lowest BCUT2D eigenvalue weighted by Gasteiger charge is -2.48. The Morgan fingerprint density at radius 1 is 1.00 bits per heavy atom. The third-order valence-corrected chi connectivity index (χ3v) is 7.05. The molecule has 2 heterocycles. The van der Waals surface area contributed by atoms with Crippen LogP contribution in [0.5, 0.6) is 5.75 Å². The van der Waals surface area contributed by atoms with Gasteiger partial charge in [0, 0.05) is 37.3 Å². The number of carbonyl (C=O) groups excluding carboxylic acids is 1. The molecular formula is C25H29F3N2O2. The number of carbonyl (C=O) groups is 1. The smallest absolute Gasteiger partial charge is 0.416 e. The summed E-state index contributed by atoms with van der Waals surface area (Å²) in [5.74, 6) is 0.697. The van der Waals surface area contributed by atoms with Crippen LogP contribution < -0.4 is 4.74 Å². The van der Waals surface area contributed by atoms with E-state index in [0.29, 0.717) is 24.7 Å². The zero-order valence-electron chi connectivity index (χ0n) is 18.7. The molecule has 0 aliphatic carbocycles. The van der Waals surface area contributed by atoms with Gasteiger partial charge in [0.2, 0.25) is 0 Å². The number of piperidine rings is 1. The molecule has 2 aromatic carbocycles. The highest BCUT2D eigenvalue weighted by atomic mass is 19.4. The predicted octanol–water partition coefficient (Wildman–Crippen LogP) is 5.38. The van der Waals surface area contributed by atoms with Gasteiger partial charge in [0.15, 0.2) is 0 Å². The van der Waals surface area contributed by atoms with Gasteiger partial charge in [-0.3, -0.25) is 9.69 Å². The fourth-order valence-electron chi connectivity index (χ4n) is 5.15. The summed E-state index contributed by atoms with van der Waals surface area (Å²) in [7, 11) is 1.69. The highest BCUT2D eigenvalue weighted by Crippen LogP contribution is 2.39. The van der Waals surface area contributed by atoms with Gasteiger partial charge in [-0.15, -0.1) is 0 Å². The van der Waals surface area contributed by atoms with Crippen molar-refractivity contribution in [2.75, 3.05) is 26.7 Å². The van der Waals surface area contributed by atoms with Gasteiger partial charge in [0.05, 0.1) is 12.7 Å². The Kier molecular flexibility index (Phi) is 6.21. The first-order chi connectivity index (χ1) is 15.2. The molecule has 1 unspecified atom stereocenters. The summed E-state index contributed by atoms with van der Waals surface area (Å²) < 4.78 is 43.9. The van der Waals surface area contributed by atoms with Crippen LogP contribution in [0.2, 0.25) is 0 Å². The van der Waals surface area contributed by atoms with Crippen LogP contribution in [0.4, 0.5) is 13.2 Å². The van der Waals surface area contributed by atoms with Crippen LogP contribution in [-0.4, -0.2) is 48.5 Å². The van der Waals surface area contributed by atoms with Crippen molar-refractivity contribution < 1.29 is 22.7 Å². The first-order valence-corrected chi connectivity index (χ1v) is 11.1. The highest BCUT2D eigenvalue weighted by Gasteiger charge is 2.38. The number of hydrogen-bond acceptors (Lipinski definition) is 3. The molecule has 2 saturated heterocycles. The van der Waals surface area contributed by atoms with Crippen molar-refractivity contribution in [2.24, 2.45) is 0 Å². The van der Waals surface area contributed by atoms with E-state index in [-0.39, 0.29) is 11.9 Å². The molecule has 0 spiro atoms. The summed E-state index contributed by atoms with van der Waals surface area (Å²) in [6, 6.07) is 9.28. The van der Waals surface area contributed by atoms with E-state index in [1.54, 1.807) is 12.0 Å². The van der Waals surface area contributed by atoms with E-state index in [4.69, 9.17) is 4.74 Å². The maximum absolute atomic E-state index is 13.0. The number of nitrogens with zero attached hydrogens (tertiary/aromatic N) is 2. The van der Waals surface area contributed by atoms with Gasteiger partial charge in [0.25, 0.3) is 5.91 Å². The summed E-state index contributed by atoms with van der Waals surface area (Å²) in [5, 5.41) is 0. The van der Waals surface area contributed by atoms with E-state index in [2.05, 4.69) is 24.8 Å². The molecule has 4 rings (SSSR count). The maximum atomic E-state index is 13.0. The van der Waals surface area contributed by atoms with Crippen LogP contribution in [0.25, 0.3) is 0 Å². The maximum Gasteiger partial charge on any atom is 0.416 e. The van der Waals surface area contributed by atoms with Gasteiger partial charge >= 0.3 is 6.18 Å². The van der Waals surface area contributed by atoms with Gasteiger partial charge in [-0.25, -0.2) is 0 Å². The van der Waals surface area contributed by atoms with Crippen LogP contribution in [0, 0.1) is 13.8 Å². The number of amides is 1. The van der Waals surface area contributed by atoms with Gasteiger partial charge in [-0.1, -0.05) is 6.07 Å². The largest absolute Gasteiger partial charge is 0.496 e. The lowest BCUT2D eigenvalue weighted by Crippen LogP contribution is -2.57. The predicted molar refractivity (Wildman–Crippen MR) is 117 cm³/mol. The number of hydrogen-bond donors (Lipinski definition) is 0. The van der Waals surface area contributed by atoms with E-state index in [1.807, 2.05) is 6.07 Å². The van der Waals surface area contributed by atoms with E-state index >= 15 is 0 Å². The molecule has 32 heavy (non-hydrogen) atoms. The number of rotatable bonds is 3. The fraction of sp³-hybridized carbons (Fsp3) is 0.480. The fourth-order valence-corrected chi connectivity index (χ4v) is 5.15. The van der Waals surface area contributed by atoms with Crippen LogP contribution in [0.3, 0.4) is 0 Å². The third-order valence-electron chi connectivity index (χ3n) is 7.05. The Bertz CT molecular complexity index is 988. The van der Waals surface area contributed by atoms with E-state index < -0.39 is 11.7 Å². The molecular weight excluding hydrogens is 417 g/mol. The summed E-state index contributed by atoms with van der Waals surface area (Å²) in [4.78, 5) is 17.3. The average molecular weight is 447 g/mol. The van der Waals surface area contributed by atoms with Crippen LogP contribution in [0.1, 0.15) is 57.9 Å². The minimum atomic E-state index is -4.40. The Morgan fingerprint density at radius 3 is 2.38 bits per heavy atom. The highest BCUT2D eigenvalue weighted by molar-refractivity contribution is 5.94. The number of ether oxygens (including phenoxy) is 1. The second kappa shape index (κ2) is 8.77. The molecule has 0 radical (unpaired) electrons. The van der Waals surface area contributed by atoms with Gasteiger partial charge < -0.3 is 9.64 Å². The third kappa shape index (κ3) is 4.22. The molecule has 1 amide bonds. The number of benzene rings is 2. The molecule has 2 atom stereocenters. The lowest BCUT2D eigenvalue weighted by molar-refractivity contribution is -0.137. The van der Waals surface area contributed by atoms with Crippen molar-refractivity contribution in [1.82, 2.24) is 9.80 Å². The number of piperazine rings is 1. The summed E-state index contributed by atoms with van der Waals surface area (Å²) in [5.41, 5.74) is 3.29. The zero-order valence-corrected chi connectivity index (χ0v) is 18.7. The quantitative estimate of drug-likeness (QED) is 0.635. The minimum absolute atomic E-state index is 0.197. The topological polar surface area (TPSA) is 32.8 Å². The summed E-state index contributed by atoms with van der Waals surface area (Å²) in [6.45, 7) is 6.15. The second-order valence-corrected chi connectivity index (χ2v) is 8.77. The molecule has 4 nitrogen and oxygen atoms in total. The number of fused-ring (bicyclic) bond motifs is 1. The molecule has 7 heteroatoms. The van der Waals surface area contributed by atoms with Crippen LogP contribution >= 0.6 is 0 Å². The molecule has 2 fully saturated rings. The Balaban J connectivity index is 1.49. The normalized spacial score (nSPS) is 21.9. The number of halogens is 3. The van der Waals surface area contributed by atoms with Crippen molar-refractivity contribution in [3.05, 3.63) is 64.2 Å². The molecule has 0 saturated carbocycles. The first-order valence-electron chi connectivity index (χ1n) is 11.1. The van der Waals surface area contributed by atoms with Gasteiger partial charge in [-0.2, -0.15) is 13.2 Å². The summed E-state index contributed by atoms with van der Waals surface area (Å²) >= 11 is 0. The molecule has 0 aromatic heterocycles. The lowest BCUT2D eigenvalue weighted by atomic mass is 9.86. The van der Waals surface area contributed by atoms with Gasteiger partial charge in [-0.05, 0) is 80.1 Å². The molecule has 172 valence electrons. The Hall–Kier alpha value is -2.54. The monoisotopic (exact) mass is 446 g/mol. The first kappa shape index (κ1) is 22.6. The molecule has 2 aliphatic rings.